The van der Waals surface area contributed by atoms with Crippen molar-refractivity contribution in [2.75, 3.05) is 13.1 Å². The van der Waals surface area contributed by atoms with Crippen molar-refractivity contribution in [1.82, 2.24) is 10.3 Å². The molecule has 1 rings (SSSR count). The predicted molar refractivity (Wildman–Crippen MR) is 70.2 cm³/mol. The second-order valence-electron chi connectivity index (χ2n) is 6.11. The normalized spacial score (nSPS) is 21.2. The van der Waals surface area contributed by atoms with E-state index in [1.807, 2.05) is 6.92 Å². The van der Waals surface area contributed by atoms with Crippen molar-refractivity contribution in [2.24, 2.45) is 17.2 Å². The first-order chi connectivity index (χ1) is 7.90. The van der Waals surface area contributed by atoms with Crippen LogP contribution >= 0.6 is 0 Å². The van der Waals surface area contributed by atoms with Gasteiger partial charge in [-0.15, -0.1) is 0 Å². The average Bonchev–Trinajstić information content (AvgIpc) is 2.29. The Morgan fingerprint density at radius 1 is 1.41 bits per heavy atom. The first-order valence-corrected chi connectivity index (χ1v) is 6.64. The van der Waals surface area contributed by atoms with Crippen LogP contribution in [0.2, 0.25) is 0 Å². The van der Waals surface area contributed by atoms with Gasteiger partial charge in [-0.05, 0) is 43.7 Å². The molecule has 0 spiro atoms. The van der Waals surface area contributed by atoms with Crippen molar-refractivity contribution in [1.29, 1.82) is 0 Å². The first kappa shape index (κ1) is 14.5. The minimum absolute atomic E-state index is 0.0540. The molecule has 0 saturated carbocycles. The van der Waals surface area contributed by atoms with E-state index in [4.69, 9.17) is 5.84 Å². The number of hydrazine groups is 1. The monoisotopic (exact) mass is 241 g/mol. The van der Waals surface area contributed by atoms with Gasteiger partial charge in [0.25, 0.3) is 5.91 Å². The zero-order chi connectivity index (χ0) is 13.1. The molecule has 0 aliphatic carbocycles. The molecule has 100 valence electrons. The van der Waals surface area contributed by atoms with Crippen LogP contribution < -0.4 is 11.3 Å². The van der Waals surface area contributed by atoms with Crippen LogP contribution in [0, 0.1) is 11.3 Å². The van der Waals surface area contributed by atoms with Gasteiger partial charge in [-0.2, -0.15) is 0 Å². The molecule has 1 saturated heterocycles. The van der Waals surface area contributed by atoms with Crippen molar-refractivity contribution in [2.45, 2.75) is 53.0 Å². The van der Waals surface area contributed by atoms with E-state index in [9.17, 15) is 4.79 Å². The van der Waals surface area contributed by atoms with Crippen molar-refractivity contribution >= 4 is 5.91 Å². The van der Waals surface area contributed by atoms with Gasteiger partial charge in [-0.1, -0.05) is 27.7 Å². The van der Waals surface area contributed by atoms with E-state index in [1.54, 1.807) is 0 Å². The average molecular weight is 241 g/mol. The highest BCUT2D eigenvalue weighted by atomic mass is 16.2. The summed E-state index contributed by atoms with van der Waals surface area (Å²) in [6, 6.07) is -0.0547. The topological polar surface area (TPSA) is 58.4 Å². The summed E-state index contributed by atoms with van der Waals surface area (Å²) in [5.74, 6) is 5.93. The van der Waals surface area contributed by atoms with Gasteiger partial charge >= 0.3 is 0 Å². The molecular formula is C13H27N3O. The van der Waals surface area contributed by atoms with Gasteiger partial charge in [0.05, 0.1) is 6.04 Å². The number of nitrogens with two attached hydrogens (primary N) is 1. The fourth-order valence-corrected chi connectivity index (χ4v) is 2.78. The number of carbonyl (C=O) groups excluding carboxylic acids is 1. The van der Waals surface area contributed by atoms with Gasteiger partial charge in [0.15, 0.2) is 0 Å². The first-order valence-electron chi connectivity index (χ1n) is 6.64. The smallest absolute Gasteiger partial charge is 0.251 e. The molecule has 0 aromatic carbocycles. The molecule has 0 aromatic rings. The fraction of sp³-hybridized carbons (Fsp3) is 0.923. The van der Waals surface area contributed by atoms with Crippen LogP contribution in [0.5, 0.6) is 0 Å². The number of rotatable bonds is 3. The van der Waals surface area contributed by atoms with Gasteiger partial charge in [-0.25, -0.2) is 5.84 Å². The maximum atomic E-state index is 11.6. The molecule has 1 amide bonds. The summed E-state index contributed by atoms with van der Waals surface area (Å²) in [5, 5.41) is 0. The molecule has 1 fully saturated rings. The van der Waals surface area contributed by atoms with E-state index in [2.05, 4.69) is 31.1 Å². The van der Waals surface area contributed by atoms with E-state index in [0.29, 0.717) is 5.41 Å². The molecule has 0 radical (unpaired) electrons. The van der Waals surface area contributed by atoms with E-state index < -0.39 is 0 Å². The summed E-state index contributed by atoms with van der Waals surface area (Å²) >= 11 is 0. The minimum atomic E-state index is -0.0547. The van der Waals surface area contributed by atoms with E-state index in [0.717, 1.165) is 25.4 Å². The van der Waals surface area contributed by atoms with Crippen LogP contribution in [0.4, 0.5) is 0 Å². The molecule has 3 N–H and O–H groups in total. The third-order valence-electron chi connectivity index (χ3n) is 4.03. The maximum Gasteiger partial charge on any atom is 0.251 e. The molecule has 1 aliphatic heterocycles. The summed E-state index contributed by atoms with van der Waals surface area (Å²) in [5.41, 5.74) is 2.65. The Labute approximate surface area is 105 Å². The summed E-state index contributed by atoms with van der Waals surface area (Å²) in [6.45, 7) is 11.0. The van der Waals surface area contributed by atoms with Crippen molar-refractivity contribution in [3.05, 3.63) is 0 Å². The largest absolute Gasteiger partial charge is 0.293 e. The highest BCUT2D eigenvalue weighted by Crippen LogP contribution is 2.34. The standard InChI is InChI=1S/C13H27N3O/c1-5-11(12(17)15-14)16-8-6-10(7-9-16)13(2,3)4/h10-11H,5-9,14H2,1-4H3,(H,15,17). The molecule has 1 atom stereocenters. The van der Waals surface area contributed by atoms with Gasteiger partial charge in [0.1, 0.15) is 0 Å². The second-order valence-corrected chi connectivity index (χ2v) is 6.11. The second kappa shape index (κ2) is 5.83. The van der Waals surface area contributed by atoms with Crippen molar-refractivity contribution < 1.29 is 4.79 Å². The van der Waals surface area contributed by atoms with Crippen LogP contribution in [0.25, 0.3) is 0 Å². The van der Waals surface area contributed by atoms with Crippen LogP contribution in [-0.4, -0.2) is 29.9 Å². The summed E-state index contributed by atoms with van der Waals surface area (Å²) < 4.78 is 0. The Bertz CT molecular complexity index is 252. The third-order valence-corrected chi connectivity index (χ3v) is 4.03. The number of hydrogen-bond donors (Lipinski definition) is 2. The third kappa shape index (κ3) is 3.68. The number of amides is 1. The molecule has 4 nitrogen and oxygen atoms in total. The molecule has 17 heavy (non-hydrogen) atoms. The predicted octanol–water partition coefficient (Wildman–Crippen LogP) is 1.51. The highest BCUT2D eigenvalue weighted by molar-refractivity contribution is 5.81. The molecule has 0 bridgehead atoms. The highest BCUT2D eigenvalue weighted by Gasteiger charge is 2.32. The fourth-order valence-electron chi connectivity index (χ4n) is 2.78. The zero-order valence-corrected chi connectivity index (χ0v) is 11.6. The van der Waals surface area contributed by atoms with E-state index in [1.165, 1.54) is 12.8 Å². The number of nitrogens with one attached hydrogen (secondary N) is 1. The molecular weight excluding hydrogens is 214 g/mol. The van der Waals surface area contributed by atoms with Crippen molar-refractivity contribution in [3.63, 3.8) is 0 Å². The maximum absolute atomic E-state index is 11.6. The molecule has 0 aromatic heterocycles. The summed E-state index contributed by atoms with van der Waals surface area (Å²) in [4.78, 5) is 13.9. The van der Waals surface area contributed by atoms with Crippen LogP contribution in [0.3, 0.4) is 0 Å². The SMILES string of the molecule is CCC(C(=O)NN)N1CCC(C(C)(C)C)CC1. The summed E-state index contributed by atoms with van der Waals surface area (Å²) in [7, 11) is 0. The lowest BCUT2D eigenvalue weighted by Gasteiger charge is -2.41. The van der Waals surface area contributed by atoms with Crippen LogP contribution in [0.15, 0.2) is 0 Å². The number of hydrogen-bond acceptors (Lipinski definition) is 3. The lowest BCUT2D eigenvalue weighted by Crippen LogP contribution is -2.52. The van der Waals surface area contributed by atoms with Gasteiger partial charge in [-0.3, -0.25) is 15.1 Å². The van der Waals surface area contributed by atoms with Crippen LogP contribution in [0.1, 0.15) is 47.0 Å². The van der Waals surface area contributed by atoms with Gasteiger partial charge in [0.2, 0.25) is 0 Å². The zero-order valence-electron chi connectivity index (χ0n) is 11.6. The lowest BCUT2D eigenvalue weighted by molar-refractivity contribution is -0.127. The number of likely N-dealkylation sites (tertiary alicyclic amines) is 1. The Balaban J connectivity index is 2.53. The van der Waals surface area contributed by atoms with Gasteiger partial charge in [0, 0.05) is 0 Å². The molecule has 1 heterocycles. The van der Waals surface area contributed by atoms with E-state index in [-0.39, 0.29) is 11.9 Å². The van der Waals surface area contributed by atoms with Crippen LogP contribution in [-0.2, 0) is 4.79 Å². The Morgan fingerprint density at radius 3 is 2.29 bits per heavy atom. The van der Waals surface area contributed by atoms with E-state index >= 15 is 0 Å². The number of nitrogens with zero attached hydrogens (tertiary/aromatic N) is 1. The number of carbonyl (C=O) groups is 1. The minimum Gasteiger partial charge on any atom is -0.293 e. The number of piperidine rings is 1. The Kier molecular flexibility index (Phi) is 4.95. The lowest BCUT2D eigenvalue weighted by atomic mass is 9.75. The Morgan fingerprint density at radius 2 is 1.94 bits per heavy atom. The molecule has 1 unspecified atom stereocenters. The van der Waals surface area contributed by atoms with Gasteiger partial charge < -0.3 is 0 Å². The summed E-state index contributed by atoms with van der Waals surface area (Å²) in [6.07, 6.45) is 3.18. The molecule has 4 heteroatoms. The molecule has 1 aliphatic rings. The quantitative estimate of drug-likeness (QED) is 0.447. The van der Waals surface area contributed by atoms with Crippen molar-refractivity contribution in [3.8, 4) is 0 Å². The Hall–Kier alpha value is -0.610.